The molecule has 1 amide bonds. The summed E-state index contributed by atoms with van der Waals surface area (Å²) in [5.41, 5.74) is 2.04. The molecule has 4 rings (SSSR count). The molecule has 2 aliphatic heterocycles. The van der Waals surface area contributed by atoms with Gasteiger partial charge in [0.05, 0.1) is 6.67 Å². The highest BCUT2D eigenvalue weighted by atomic mass is 79.9. The van der Waals surface area contributed by atoms with E-state index in [0.717, 1.165) is 36.1 Å². The Kier molecular flexibility index (Phi) is 4.76. The number of anilines is 1. The number of halogens is 1. The second kappa shape index (κ2) is 7.05. The summed E-state index contributed by atoms with van der Waals surface area (Å²) in [5, 5.41) is 3.07. The summed E-state index contributed by atoms with van der Waals surface area (Å²) in [6.07, 6.45) is 1.71. The summed E-state index contributed by atoms with van der Waals surface area (Å²) in [5.74, 6) is 0.178. The number of piperidine rings is 1. The van der Waals surface area contributed by atoms with Crippen LogP contribution in [-0.4, -0.2) is 36.1 Å². The average molecular weight is 414 g/mol. The highest BCUT2D eigenvalue weighted by Gasteiger charge is 2.50. The molecule has 136 valence electrons. The molecule has 4 nitrogen and oxygen atoms in total. The molecule has 0 aromatic heterocycles. The van der Waals surface area contributed by atoms with Crippen molar-refractivity contribution in [3.8, 4) is 0 Å². The zero-order valence-corrected chi connectivity index (χ0v) is 16.6. The van der Waals surface area contributed by atoms with Crippen molar-refractivity contribution in [2.24, 2.45) is 0 Å². The molecule has 2 saturated heterocycles. The molecule has 5 heteroatoms. The summed E-state index contributed by atoms with van der Waals surface area (Å²) in [6.45, 7) is 4.71. The van der Waals surface area contributed by atoms with Gasteiger partial charge in [-0.2, -0.15) is 0 Å². The molecule has 2 fully saturated rings. The third-order valence-electron chi connectivity index (χ3n) is 5.93. The number of benzene rings is 2. The second-order valence-corrected chi connectivity index (χ2v) is 8.14. The monoisotopic (exact) mass is 413 g/mol. The Labute approximate surface area is 163 Å². The summed E-state index contributed by atoms with van der Waals surface area (Å²) < 4.78 is 1.10. The maximum absolute atomic E-state index is 12.7. The molecule has 1 N–H and O–H groups in total. The zero-order valence-electron chi connectivity index (χ0n) is 15.0. The average Bonchev–Trinajstić information content (AvgIpc) is 2.99. The Morgan fingerprint density at radius 1 is 1.04 bits per heavy atom. The van der Waals surface area contributed by atoms with E-state index in [0.29, 0.717) is 12.7 Å². The van der Waals surface area contributed by atoms with Gasteiger partial charge in [-0.05, 0) is 49.6 Å². The van der Waals surface area contributed by atoms with E-state index >= 15 is 0 Å². The minimum atomic E-state index is -0.405. The van der Waals surface area contributed by atoms with Gasteiger partial charge in [0.2, 0.25) is 5.91 Å². The van der Waals surface area contributed by atoms with Gasteiger partial charge in [0.25, 0.3) is 0 Å². The van der Waals surface area contributed by atoms with Crippen LogP contribution < -0.4 is 10.2 Å². The third kappa shape index (κ3) is 3.03. The standard InChI is InChI=1S/C21H24BrN3O/c1-16(17-7-9-18(22)10-8-17)24-13-11-21(12-14-24)20(26)23-15-25(21)19-5-3-2-4-6-19/h2-10,16H,11-15H2,1H3,(H,23,26). The second-order valence-electron chi connectivity index (χ2n) is 7.22. The summed E-state index contributed by atoms with van der Waals surface area (Å²) in [7, 11) is 0. The molecule has 26 heavy (non-hydrogen) atoms. The largest absolute Gasteiger partial charge is 0.339 e. The molecule has 2 heterocycles. The number of carbonyl (C=O) groups is 1. The quantitative estimate of drug-likeness (QED) is 0.827. The van der Waals surface area contributed by atoms with E-state index in [2.05, 4.69) is 74.4 Å². The molecule has 0 bridgehead atoms. The Morgan fingerprint density at radius 2 is 1.69 bits per heavy atom. The van der Waals surface area contributed by atoms with Crippen LogP contribution >= 0.6 is 15.9 Å². The number of amides is 1. The Bertz CT molecular complexity index is 770. The van der Waals surface area contributed by atoms with Crippen LogP contribution in [0.15, 0.2) is 59.1 Å². The van der Waals surface area contributed by atoms with Gasteiger partial charge in [0.1, 0.15) is 5.54 Å². The van der Waals surface area contributed by atoms with Gasteiger partial charge in [-0.15, -0.1) is 0 Å². The SMILES string of the molecule is CC(c1ccc(Br)cc1)N1CCC2(CC1)C(=O)NCN2c1ccccc1. The fourth-order valence-electron chi connectivity index (χ4n) is 4.27. The first-order valence-electron chi connectivity index (χ1n) is 9.21. The smallest absolute Gasteiger partial charge is 0.247 e. The number of rotatable bonds is 3. The van der Waals surface area contributed by atoms with Gasteiger partial charge in [-0.1, -0.05) is 46.3 Å². The van der Waals surface area contributed by atoms with E-state index in [-0.39, 0.29) is 5.91 Å². The van der Waals surface area contributed by atoms with E-state index in [4.69, 9.17) is 0 Å². The molecule has 2 aliphatic rings. The van der Waals surface area contributed by atoms with Crippen molar-refractivity contribution in [1.82, 2.24) is 10.2 Å². The van der Waals surface area contributed by atoms with Crippen molar-refractivity contribution in [2.75, 3.05) is 24.7 Å². The number of likely N-dealkylation sites (tertiary alicyclic amines) is 1. The summed E-state index contributed by atoms with van der Waals surface area (Å²) in [6, 6.07) is 19.2. The van der Waals surface area contributed by atoms with Crippen LogP contribution in [-0.2, 0) is 4.79 Å². The maximum atomic E-state index is 12.7. The molecule has 0 saturated carbocycles. The lowest BCUT2D eigenvalue weighted by molar-refractivity contribution is -0.125. The normalized spacial score (nSPS) is 21.0. The van der Waals surface area contributed by atoms with Gasteiger partial charge in [-0.25, -0.2) is 0 Å². The lowest BCUT2D eigenvalue weighted by Gasteiger charge is -2.45. The predicted molar refractivity (Wildman–Crippen MR) is 108 cm³/mol. The molecule has 2 aromatic carbocycles. The number of para-hydroxylation sites is 1. The molecular formula is C21H24BrN3O. The molecule has 2 aromatic rings. The number of nitrogens with zero attached hydrogens (tertiary/aromatic N) is 2. The highest BCUT2D eigenvalue weighted by Crippen LogP contribution is 2.38. The minimum Gasteiger partial charge on any atom is -0.339 e. The number of nitrogens with one attached hydrogen (secondary N) is 1. The maximum Gasteiger partial charge on any atom is 0.247 e. The first kappa shape index (κ1) is 17.6. The Morgan fingerprint density at radius 3 is 2.35 bits per heavy atom. The third-order valence-corrected chi connectivity index (χ3v) is 6.46. The van der Waals surface area contributed by atoms with Crippen LogP contribution in [0.1, 0.15) is 31.4 Å². The van der Waals surface area contributed by atoms with E-state index in [1.807, 2.05) is 18.2 Å². The van der Waals surface area contributed by atoms with Gasteiger partial charge in [-0.3, -0.25) is 9.69 Å². The molecule has 1 atom stereocenters. The van der Waals surface area contributed by atoms with Crippen molar-refractivity contribution in [2.45, 2.75) is 31.3 Å². The summed E-state index contributed by atoms with van der Waals surface area (Å²) >= 11 is 3.50. The van der Waals surface area contributed by atoms with Crippen molar-refractivity contribution in [3.05, 3.63) is 64.6 Å². The predicted octanol–water partition coefficient (Wildman–Crippen LogP) is 3.94. The van der Waals surface area contributed by atoms with Crippen LogP contribution in [0.4, 0.5) is 5.69 Å². The lowest BCUT2D eigenvalue weighted by Crippen LogP contribution is -2.56. The number of hydrogen-bond donors (Lipinski definition) is 1. The molecule has 0 aliphatic carbocycles. The van der Waals surface area contributed by atoms with E-state index in [9.17, 15) is 4.79 Å². The topological polar surface area (TPSA) is 35.6 Å². The minimum absolute atomic E-state index is 0.178. The molecule has 1 spiro atoms. The molecule has 0 radical (unpaired) electrons. The van der Waals surface area contributed by atoms with Gasteiger partial charge < -0.3 is 10.2 Å². The van der Waals surface area contributed by atoms with Crippen molar-refractivity contribution in [1.29, 1.82) is 0 Å². The van der Waals surface area contributed by atoms with Crippen molar-refractivity contribution < 1.29 is 4.79 Å². The van der Waals surface area contributed by atoms with Crippen LogP contribution in [0.3, 0.4) is 0 Å². The van der Waals surface area contributed by atoms with Gasteiger partial charge >= 0.3 is 0 Å². The Hall–Kier alpha value is -1.85. The van der Waals surface area contributed by atoms with Crippen molar-refractivity contribution >= 4 is 27.5 Å². The van der Waals surface area contributed by atoms with E-state index in [1.54, 1.807) is 0 Å². The number of carbonyl (C=O) groups excluding carboxylic acids is 1. The van der Waals surface area contributed by atoms with E-state index in [1.165, 1.54) is 5.56 Å². The van der Waals surface area contributed by atoms with E-state index < -0.39 is 5.54 Å². The highest BCUT2D eigenvalue weighted by molar-refractivity contribution is 9.10. The first-order valence-corrected chi connectivity index (χ1v) is 10.00. The lowest BCUT2D eigenvalue weighted by atomic mass is 9.84. The fraction of sp³-hybridized carbons (Fsp3) is 0.381. The van der Waals surface area contributed by atoms with Crippen LogP contribution in [0.5, 0.6) is 0 Å². The van der Waals surface area contributed by atoms with Crippen LogP contribution in [0.25, 0.3) is 0 Å². The van der Waals surface area contributed by atoms with Gasteiger partial charge in [0, 0.05) is 29.3 Å². The van der Waals surface area contributed by atoms with Crippen molar-refractivity contribution in [3.63, 3.8) is 0 Å². The van der Waals surface area contributed by atoms with Crippen LogP contribution in [0, 0.1) is 0 Å². The molecular weight excluding hydrogens is 390 g/mol. The fourth-order valence-corrected chi connectivity index (χ4v) is 4.53. The van der Waals surface area contributed by atoms with Crippen LogP contribution in [0.2, 0.25) is 0 Å². The molecule has 1 unspecified atom stereocenters. The van der Waals surface area contributed by atoms with Gasteiger partial charge in [0.15, 0.2) is 0 Å². The Balaban J connectivity index is 1.51. The summed E-state index contributed by atoms with van der Waals surface area (Å²) in [4.78, 5) is 17.5. The first-order chi connectivity index (χ1) is 12.6. The number of hydrogen-bond acceptors (Lipinski definition) is 3. The zero-order chi connectivity index (χ0) is 18.1.